The minimum absolute atomic E-state index is 0.00269. The summed E-state index contributed by atoms with van der Waals surface area (Å²) in [6, 6.07) is 6.74. The monoisotopic (exact) mass is 513 g/mol. The molecular formula is C24H26ClF2NO5S. The summed E-state index contributed by atoms with van der Waals surface area (Å²) in [6.45, 7) is 1.61. The molecule has 0 radical (unpaired) electrons. The van der Waals surface area contributed by atoms with Crippen molar-refractivity contribution in [1.82, 2.24) is 0 Å². The van der Waals surface area contributed by atoms with E-state index in [9.17, 15) is 32.2 Å². The SMILES string of the molecule is CC(O)CC1(O)C2CCC1CC(S(=O)(=O)c1cc(C(=O)Nc3ccc(F)c(F)c3)ccc1Cl)C2. The van der Waals surface area contributed by atoms with Crippen molar-refractivity contribution in [3.8, 4) is 0 Å². The third-order valence-corrected chi connectivity index (χ3v) is 9.77. The van der Waals surface area contributed by atoms with Crippen molar-refractivity contribution in [2.75, 3.05) is 5.32 Å². The molecule has 2 aromatic rings. The average molecular weight is 514 g/mol. The second-order valence-electron chi connectivity index (χ2n) is 9.38. The van der Waals surface area contributed by atoms with Gasteiger partial charge in [0, 0.05) is 23.7 Å². The number of rotatable bonds is 6. The number of hydrogen-bond acceptors (Lipinski definition) is 5. The Bertz CT molecular complexity index is 1210. The van der Waals surface area contributed by atoms with E-state index in [1.54, 1.807) is 6.92 Å². The van der Waals surface area contributed by atoms with E-state index in [1.165, 1.54) is 24.3 Å². The van der Waals surface area contributed by atoms with Crippen molar-refractivity contribution in [2.45, 2.75) is 60.9 Å². The van der Waals surface area contributed by atoms with Crippen LogP contribution in [0.15, 0.2) is 41.3 Å². The van der Waals surface area contributed by atoms with Gasteiger partial charge in [-0.2, -0.15) is 0 Å². The fourth-order valence-corrected chi connectivity index (χ4v) is 7.89. The van der Waals surface area contributed by atoms with Crippen molar-refractivity contribution < 1.29 is 32.2 Å². The Kier molecular flexibility index (Phi) is 6.76. The molecule has 6 nitrogen and oxygen atoms in total. The Morgan fingerprint density at radius 3 is 2.38 bits per heavy atom. The maximum atomic E-state index is 13.5. The number of sulfone groups is 1. The van der Waals surface area contributed by atoms with E-state index < -0.39 is 44.3 Å². The van der Waals surface area contributed by atoms with Gasteiger partial charge in [-0.25, -0.2) is 17.2 Å². The van der Waals surface area contributed by atoms with E-state index in [0.29, 0.717) is 12.8 Å². The highest BCUT2D eigenvalue weighted by Gasteiger charge is 2.55. The summed E-state index contributed by atoms with van der Waals surface area (Å²) in [7, 11) is -3.93. The minimum atomic E-state index is -3.93. The molecule has 3 unspecified atom stereocenters. The molecule has 2 aromatic carbocycles. The van der Waals surface area contributed by atoms with Crippen molar-refractivity contribution in [3.63, 3.8) is 0 Å². The lowest BCUT2D eigenvalue weighted by Crippen LogP contribution is -2.49. The molecule has 184 valence electrons. The zero-order valence-corrected chi connectivity index (χ0v) is 20.0. The molecule has 0 heterocycles. The third-order valence-electron chi connectivity index (χ3n) is 7.11. The van der Waals surface area contributed by atoms with Crippen LogP contribution < -0.4 is 5.32 Å². The molecule has 2 saturated carbocycles. The maximum Gasteiger partial charge on any atom is 0.255 e. The van der Waals surface area contributed by atoms with E-state index >= 15 is 0 Å². The number of halogens is 3. The fraction of sp³-hybridized carbons (Fsp3) is 0.458. The number of aliphatic hydroxyl groups excluding tert-OH is 1. The van der Waals surface area contributed by atoms with Crippen LogP contribution in [0.3, 0.4) is 0 Å². The maximum absolute atomic E-state index is 13.5. The summed E-state index contributed by atoms with van der Waals surface area (Å²) in [5.74, 6) is -3.38. The van der Waals surface area contributed by atoms with Gasteiger partial charge in [-0.15, -0.1) is 0 Å². The predicted octanol–water partition coefficient (Wildman–Crippen LogP) is 4.33. The molecule has 0 saturated heterocycles. The Balaban J connectivity index is 1.58. The summed E-state index contributed by atoms with van der Waals surface area (Å²) in [6.07, 6.45) is 1.36. The van der Waals surface area contributed by atoms with E-state index in [4.69, 9.17) is 11.6 Å². The Morgan fingerprint density at radius 2 is 1.79 bits per heavy atom. The fourth-order valence-electron chi connectivity index (χ4n) is 5.49. The number of benzene rings is 2. The first kappa shape index (κ1) is 25.0. The lowest BCUT2D eigenvalue weighted by molar-refractivity contribution is -0.0861. The number of anilines is 1. The summed E-state index contributed by atoms with van der Waals surface area (Å²) >= 11 is 6.23. The lowest BCUT2D eigenvalue weighted by Gasteiger charge is -2.43. The van der Waals surface area contributed by atoms with Gasteiger partial charge < -0.3 is 15.5 Å². The highest BCUT2D eigenvalue weighted by molar-refractivity contribution is 7.92. The first-order valence-electron chi connectivity index (χ1n) is 11.1. The van der Waals surface area contributed by atoms with Crippen molar-refractivity contribution in [1.29, 1.82) is 0 Å². The van der Waals surface area contributed by atoms with E-state index in [0.717, 1.165) is 12.1 Å². The molecule has 3 N–H and O–H groups in total. The Labute approximate surface area is 201 Å². The number of fused-ring (bicyclic) bond motifs is 2. The smallest absolute Gasteiger partial charge is 0.255 e. The van der Waals surface area contributed by atoms with Crippen LogP contribution in [-0.2, 0) is 9.84 Å². The van der Waals surface area contributed by atoms with Crippen LogP contribution in [0.5, 0.6) is 0 Å². The summed E-state index contributed by atoms with van der Waals surface area (Å²) in [5, 5.41) is 22.6. The summed E-state index contributed by atoms with van der Waals surface area (Å²) in [4.78, 5) is 12.5. The molecule has 4 rings (SSSR count). The molecule has 3 atom stereocenters. The zero-order valence-electron chi connectivity index (χ0n) is 18.5. The molecule has 0 spiro atoms. The van der Waals surface area contributed by atoms with Crippen LogP contribution in [-0.4, -0.2) is 41.5 Å². The van der Waals surface area contributed by atoms with E-state index in [1.807, 2.05) is 0 Å². The number of hydrogen-bond donors (Lipinski definition) is 3. The van der Waals surface area contributed by atoms with Crippen molar-refractivity contribution in [2.24, 2.45) is 11.8 Å². The number of amides is 1. The van der Waals surface area contributed by atoms with Gasteiger partial charge in [-0.3, -0.25) is 4.79 Å². The normalized spacial score (nSPS) is 27.4. The molecule has 1 amide bonds. The molecule has 34 heavy (non-hydrogen) atoms. The van der Waals surface area contributed by atoms with Gasteiger partial charge in [-0.1, -0.05) is 11.6 Å². The average Bonchev–Trinajstić information content (AvgIpc) is 2.92. The van der Waals surface area contributed by atoms with Crippen LogP contribution in [0.25, 0.3) is 0 Å². The van der Waals surface area contributed by atoms with Crippen LogP contribution in [0.4, 0.5) is 14.5 Å². The zero-order chi connectivity index (χ0) is 24.8. The number of aliphatic hydroxyl groups is 2. The van der Waals surface area contributed by atoms with E-state index in [-0.39, 0.29) is 52.3 Å². The van der Waals surface area contributed by atoms with Gasteiger partial charge in [0.2, 0.25) is 0 Å². The molecule has 0 aromatic heterocycles. The highest BCUT2D eigenvalue weighted by atomic mass is 35.5. The summed E-state index contributed by atoms with van der Waals surface area (Å²) < 4.78 is 53.7. The second kappa shape index (κ2) is 9.18. The molecule has 2 fully saturated rings. The van der Waals surface area contributed by atoms with Gasteiger partial charge in [0.25, 0.3) is 5.91 Å². The van der Waals surface area contributed by atoms with Crippen LogP contribution in [0.2, 0.25) is 5.02 Å². The van der Waals surface area contributed by atoms with Gasteiger partial charge in [0.1, 0.15) is 0 Å². The van der Waals surface area contributed by atoms with Gasteiger partial charge in [0.05, 0.1) is 26.9 Å². The van der Waals surface area contributed by atoms with Gasteiger partial charge >= 0.3 is 0 Å². The molecule has 2 aliphatic carbocycles. The van der Waals surface area contributed by atoms with Crippen molar-refractivity contribution >= 4 is 33.0 Å². The van der Waals surface area contributed by atoms with Gasteiger partial charge in [-0.05, 0) is 74.8 Å². The number of carbonyl (C=O) groups is 1. The van der Waals surface area contributed by atoms with E-state index in [2.05, 4.69) is 5.32 Å². The predicted molar refractivity (Wildman–Crippen MR) is 123 cm³/mol. The Hall–Kier alpha value is -2.07. The number of carbonyl (C=O) groups excluding carboxylic acids is 1. The quantitative estimate of drug-likeness (QED) is 0.533. The number of nitrogens with one attached hydrogen (secondary N) is 1. The standard InChI is InChI=1S/C24H26ClF2NO5S/c1-13(29)12-24(31)15-3-4-16(24)10-18(9-15)34(32,33)22-8-14(2-6-19(22)25)23(30)28-17-5-7-20(26)21(27)11-17/h2,5-8,11,13,15-16,18,29,31H,3-4,9-10,12H2,1H3,(H,28,30). The van der Waals surface area contributed by atoms with Crippen molar-refractivity contribution in [3.05, 3.63) is 58.6 Å². The molecule has 0 aliphatic heterocycles. The highest BCUT2D eigenvalue weighted by Crippen LogP contribution is 2.53. The lowest BCUT2D eigenvalue weighted by atomic mass is 9.71. The largest absolute Gasteiger partial charge is 0.393 e. The first-order valence-corrected chi connectivity index (χ1v) is 13.0. The van der Waals surface area contributed by atoms with Crippen LogP contribution in [0, 0.1) is 23.5 Å². The second-order valence-corrected chi connectivity index (χ2v) is 12.0. The molecular weight excluding hydrogens is 488 g/mol. The summed E-state index contributed by atoms with van der Waals surface area (Å²) in [5.41, 5.74) is -1.07. The minimum Gasteiger partial charge on any atom is -0.393 e. The first-order chi connectivity index (χ1) is 15.9. The third kappa shape index (κ3) is 4.58. The van der Waals surface area contributed by atoms with Crippen LogP contribution >= 0.6 is 11.6 Å². The molecule has 2 bridgehead atoms. The molecule has 2 aliphatic rings. The Morgan fingerprint density at radius 1 is 1.15 bits per heavy atom. The van der Waals surface area contributed by atoms with Crippen LogP contribution in [0.1, 0.15) is 49.4 Å². The topological polar surface area (TPSA) is 104 Å². The molecule has 10 heteroatoms. The van der Waals surface area contributed by atoms with Gasteiger partial charge in [0.15, 0.2) is 21.5 Å².